The summed E-state index contributed by atoms with van der Waals surface area (Å²) in [7, 11) is -3.02. The molecule has 1 aromatic heterocycles. The molecule has 1 aliphatic heterocycles. The Bertz CT molecular complexity index is 583. The van der Waals surface area contributed by atoms with E-state index in [4.69, 9.17) is 5.11 Å². The highest BCUT2D eigenvalue weighted by atomic mass is 32.2. The molecule has 1 aliphatic rings. The van der Waals surface area contributed by atoms with Gasteiger partial charge in [-0.1, -0.05) is 13.3 Å². The van der Waals surface area contributed by atoms with E-state index in [1.807, 2.05) is 6.92 Å². The lowest BCUT2D eigenvalue weighted by molar-refractivity contribution is -0.138. The highest BCUT2D eigenvalue weighted by molar-refractivity contribution is 7.91. The first-order valence-electron chi connectivity index (χ1n) is 6.63. The van der Waals surface area contributed by atoms with E-state index in [9.17, 15) is 13.2 Å². The molecule has 8 nitrogen and oxygen atoms in total. The van der Waals surface area contributed by atoms with Gasteiger partial charge in [-0.05, 0) is 23.3 Å². The van der Waals surface area contributed by atoms with Gasteiger partial charge in [0, 0.05) is 5.92 Å². The zero-order chi connectivity index (χ0) is 14.8. The van der Waals surface area contributed by atoms with Crippen LogP contribution in [0.15, 0.2) is 0 Å². The van der Waals surface area contributed by atoms with Crippen LogP contribution in [0.5, 0.6) is 0 Å². The monoisotopic (exact) mass is 302 g/mol. The Labute approximate surface area is 117 Å². The predicted octanol–water partition coefficient (Wildman–Crippen LogP) is 0.391. The van der Waals surface area contributed by atoms with Gasteiger partial charge in [-0.15, -0.1) is 5.10 Å². The Hall–Kier alpha value is -1.51. The van der Waals surface area contributed by atoms with Crippen LogP contribution in [0.1, 0.15) is 50.4 Å². The standard InChI is InChI=1S/C11H18N4O4S/c1-2-3-9(6-10(16)17)15-11(12-13-14-15)8-4-5-20(18,19)7-8/h8-9H,2-7H2,1H3,(H,16,17). The third kappa shape index (κ3) is 3.33. The Balaban J connectivity index is 2.24. The second-order valence-corrected chi connectivity index (χ2v) is 7.35. The van der Waals surface area contributed by atoms with Gasteiger partial charge < -0.3 is 5.11 Å². The number of tetrazole rings is 1. The lowest BCUT2D eigenvalue weighted by atomic mass is 10.1. The Kier molecular flexibility index (Phi) is 4.36. The van der Waals surface area contributed by atoms with Crippen LogP contribution in [-0.2, 0) is 14.6 Å². The molecular formula is C11H18N4O4S. The summed E-state index contributed by atoms with van der Waals surface area (Å²) in [5.41, 5.74) is 0. The molecule has 2 atom stereocenters. The Morgan fingerprint density at radius 1 is 1.55 bits per heavy atom. The minimum atomic E-state index is -3.02. The molecule has 0 bridgehead atoms. The van der Waals surface area contributed by atoms with E-state index in [1.165, 1.54) is 4.68 Å². The van der Waals surface area contributed by atoms with Gasteiger partial charge in [-0.25, -0.2) is 13.1 Å². The lowest BCUT2D eigenvalue weighted by Gasteiger charge is -2.17. The van der Waals surface area contributed by atoms with Crippen LogP contribution in [0.4, 0.5) is 0 Å². The van der Waals surface area contributed by atoms with Crippen LogP contribution >= 0.6 is 0 Å². The molecule has 112 valence electrons. The van der Waals surface area contributed by atoms with Crippen molar-refractivity contribution in [3.8, 4) is 0 Å². The zero-order valence-corrected chi connectivity index (χ0v) is 12.1. The summed E-state index contributed by atoms with van der Waals surface area (Å²) in [6.45, 7) is 1.96. The molecule has 0 amide bonds. The fraction of sp³-hybridized carbons (Fsp3) is 0.818. The molecule has 1 fully saturated rings. The topological polar surface area (TPSA) is 115 Å². The number of carboxylic acid groups (broad SMARTS) is 1. The summed E-state index contributed by atoms with van der Waals surface area (Å²) >= 11 is 0. The van der Waals surface area contributed by atoms with Gasteiger partial charge in [0.05, 0.1) is 24.0 Å². The first-order chi connectivity index (χ1) is 9.43. The summed E-state index contributed by atoms with van der Waals surface area (Å²) in [6, 6.07) is -0.328. The van der Waals surface area contributed by atoms with E-state index in [0.717, 1.165) is 6.42 Å². The molecule has 0 aliphatic carbocycles. The maximum Gasteiger partial charge on any atom is 0.305 e. The molecule has 9 heteroatoms. The average Bonchev–Trinajstić information content (AvgIpc) is 2.93. The van der Waals surface area contributed by atoms with Gasteiger partial charge in [0.1, 0.15) is 0 Å². The molecule has 2 rings (SSSR count). The van der Waals surface area contributed by atoms with Gasteiger partial charge in [-0.3, -0.25) is 4.79 Å². The van der Waals surface area contributed by atoms with E-state index < -0.39 is 15.8 Å². The Morgan fingerprint density at radius 2 is 2.30 bits per heavy atom. The van der Waals surface area contributed by atoms with Crippen LogP contribution in [-0.4, -0.2) is 51.2 Å². The molecular weight excluding hydrogens is 284 g/mol. The number of aliphatic carboxylic acids is 1. The molecule has 2 unspecified atom stereocenters. The highest BCUT2D eigenvalue weighted by Gasteiger charge is 2.34. The molecule has 20 heavy (non-hydrogen) atoms. The van der Waals surface area contributed by atoms with Crippen LogP contribution in [0.25, 0.3) is 0 Å². The van der Waals surface area contributed by atoms with Crippen molar-refractivity contribution in [1.29, 1.82) is 0 Å². The number of hydrogen-bond donors (Lipinski definition) is 1. The van der Waals surface area contributed by atoms with Gasteiger partial charge in [0.15, 0.2) is 15.7 Å². The fourth-order valence-electron chi connectivity index (χ4n) is 2.57. The molecule has 1 aromatic rings. The fourth-order valence-corrected chi connectivity index (χ4v) is 4.31. The van der Waals surface area contributed by atoms with Gasteiger partial charge in [0.2, 0.25) is 0 Å². The second kappa shape index (κ2) is 5.86. The molecule has 0 aromatic carbocycles. The van der Waals surface area contributed by atoms with E-state index in [-0.39, 0.29) is 29.9 Å². The number of nitrogens with zero attached hydrogens (tertiary/aromatic N) is 4. The second-order valence-electron chi connectivity index (χ2n) is 5.12. The third-order valence-electron chi connectivity index (χ3n) is 3.49. The van der Waals surface area contributed by atoms with Crippen molar-refractivity contribution >= 4 is 15.8 Å². The van der Waals surface area contributed by atoms with Crippen LogP contribution in [0.3, 0.4) is 0 Å². The van der Waals surface area contributed by atoms with Crippen molar-refractivity contribution in [2.45, 2.75) is 44.6 Å². The zero-order valence-electron chi connectivity index (χ0n) is 11.3. The smallest absolute Gasteiger partial charge is 0.305 e. The largest absolute Gasteiger partial charge is 0.481 e. The van der Waals surface area contributed by atoms with E-state index >= 15 is 0 Å². The predicted molar refractivity (Wildman–Crippen MR) is 70.0 cm³/mol. The average molecular weight is 302 g/mol. The van der Waals surface area contributed by atoms with E-state index in [1.54, 1.807) is 0 Å². The highest BCUT2D eigenvalue weighted by Crippen LogP contribution is 2.29. The number of sulfone groups is 1. The molecule has 1 saturated heterocycles. The van der Waals surface area contributed by atoms with Crippen molar-refractivity contribution in [2.75, 3.05) is 11.5 Å². The first kappa shape index (κ1) is 14.9. The minimum absolute atomic E-state index is 0.0410. The SMILES string of the molecule is CCCC(CC(=O)O)n1nnnc1C1CCS(=O)(=O)C1. The third-order valence-corrected chi connectivity index (χ3v) is 5.26. The summed E-state index contributed by atoms with van der Waals surface area (Å²) in [6.07, 6.45) is 1.88. The van der Waals surface area contributed by atoms with Crippen LogP contribution in [0.2, 0.25) is 0 Å². The van der Waals surface area contributed by atoms with Crippen LogP contribution in [0, 0.1) is 0 Å². The number of rotatable bonds is 6. The van der Waals surface area contributed by atoms with E-state index in [2.05, 4.69) is 15.5 Å². The van der Waals surface area contributed by atoms with Crippen molar-refractivity contribution in [1.82, 2.24) is 20.2 Å². The Morgan fingerprint density at radius 3 is 2.85 bits per heavy atom. The number of hydrogen-bond acceptors (Lipinski definition) is 6. The number of carbonyl (C=O) groups is 1. The van der Waals surface area contributed by atoms with Gasteiger partial charge >= 0.3 is 5.97 Å². The van der Waals surface area contributed by atoms with E-state index in [0.29, 0.717) is 18.7 Å². The molecule has 2 heterocycles. The number of carboxylic acids is 1. The summed E-state index contributed by atoms with van der Waals surface area (Å²) in [5.74, 6) is -0.473. The summed E-state index contributed by atoms with van der Waals surface area (Å²) < 4.78 is 24.6. The summed E-state index contributed by atoms with van der Waals surface area (Å²) in [5, 5.41) is 20.4. The van der Waals surface area contributed by atoms with Crippen molar-refractivity contribution in [2.24, 2.45) is 0 Å². The van der Waals surface area contributed by atoms with Crippen molar-refractivity contribution < 1.29 is 18.3 Å². The maximum atomic E-state index is 11.5. The molecule has 1 N–H and O–H groups in total. The molecule has 0 saturated carbocycles. The molecule has 0 radical (unpaired) electrons. The maximum absolute atomic E-state index is 11.5. The normalized spacial score (nSPS) is 22.8. The van der Waals surface area contributed by atoms with Crippen molar-refractivity contribution in [3.63, 3.8) is 0 Å². The first-order valence-corrected chi connectivity index (χ1v) is 8.45. The van der Waals surface area contributed by atoms with Crippen molar-refractivity contribution in [3.05, 3.63) is 5.82 Å². The molecule has 0 spiro atoms. The van der Waals surface area contributed by atoms with Crippen LogP contribution < -0.4 is 0 Å². The quantitative estimate of drug-likeness (QED) is 0.808. The minimum Gasteiger partial charge on any atom is -0.481 e. The number of aromatic nitrogens is 4. The van der Waals surface area contributed by atoms with Gasteiger partial charge in [0.25, 0.3) is 0 Å². The van der Waals surface area contributed by atoms with Gasteiger partial charge in [-0.2, -0.15) is 0 Å². The lowest BCUT2D eigenvalue weighted by Crippen LogP contribution is -2.20. The summed E-state index contributed by atoms with van der Waals surface area (Å²) in [4.78, 5) is 10.9.